The van der Waals surface area contributed by atoms with Gasteiger partial charge in [-0.1, -0.05) is 74.0 Å². The van der Waals surface area contributed by atoms with Crippen molar-refractivity contribution in [3.05, 3.63) is 112 Å². The highest BCUT2D eigenvalue weighted by Gasteiger charge is 2.57. The lowest BCUT2D eigenvalue weighted by atomic mass is 9.88. The maximum Gasteiger partial charge on any atom is 0.255 e. The number of aromatic nitrogens is 2. The number of carbonyl (C=O) groups excluding carboxylic acids is 2. The molecular formula is C42H45ClF4N4O3. The van der Waals surface area contributed by atoms with E-state index < -0.39 is 23.5 Å². The third-order valence-electron chi connectivity index (χ3n) is 10.6. The Labute approximate surface area is 318 Å². The van der Waals surface area contributed by atoms with Crippen LogP contribution in [0, 0.1) is 17.6 Å². The van der Waals surface area contributed by atoms with Gasteiger partial charge in [-0.3, -0.25) is 0 Å². The Hall–Kier alpha value is -4.51. The van der Waals surface area contributed by atoms with E-state index in [0.29, 0.717) is 43.2 Å². The first-order valence-electron chi connectivity index (χ1n) is 18.3. The van der Waals surface area contributed by atoms with Gasteiger partial charge in [0.1, 0.15) is 11.6 Å². The fourth-order valence-electron chi connectivity index (χ4n) is 7.11. The number of ether oxygens (including phenoxy) is 1. The van der Waals surface area contributed by atoms with E-state index in [1.165, 1.54) is 29.1 Å². The van der Waals surface area contributed by atoms with E-state index in [1.54, 1.807) is 26.0 Å². The van der Waals surface area contributed by atoms with Crippen LogP contribution in [0.15, 0.2) is 73.1 Å². The molecular weight excluding hydrogens is 720 g/mol. The summed E-state index contributed by atoms with van der Waals surface area (Å²) in [4.78, 5) is 34.0. The number of nitrogens with zero attached hydrogens (tertiary/aromatic N) is 4. The molecule has 3 fully saturated rings. The molecule has 54 heavy (non-hydrogen) atoms. The molecule has 0 N–H and O–H groups in total. The van der Waals surface area contributed by atoms with Crippen molar-refractivity contribution in [3.8, 4) is 5.88 Å². The smallest absolute Gasteiger partial charge is 0.255 e. The van der Waals surface area contributed by atoms with Crippen LogP contribution in [0.5, 0.6) is 5.88 Å². The molecule has 2 saturated heterocycles. The molecule has 286 valence electrons. The maximum absolute atomic E-state index is 14.7. The van der Waals surface area contributed by atoms with Gasteiger partial charge in [-0.15, -0.1) is 0 Å². The van der Waals surface area contributed by atoms with Gasteiger partial charge in [0.05, 0.1) is 23.9 Å². The van der Waals surface area contributed by atoms with Crippen molar-refractivity contribution >= 4 is 34.5 Å². The van der Waals surface area contributed by atoms with Crippen molar-refractivity contribution in [2.45, 2.75) is 76.6 Å². The average molecular weight is 765 g/mol. The summed E-state index contributed by atoms with van der Waals surface area (Å²) < 4.78 is 59.9. The quantitative estimate of drug-likeness (QED) is 0.0992. The summed E-state index contributed by atoms with van der Waals surface area (Å²) in [5.41, 5.74) is 5.62. The summed E-state index contributed by atoms with van der Waals surface area (Å²) >= 11 is 5.74. The lowest BCUT2D eigenvalue weighted by Crippen LogP contribution is -2.45. The first-order chi connectivity index (χ1) is 25.7. The molecule has 0 bridgehead atoms. The Kier molecular flexibility index (Phi) is 12.0. The number of Topliss-reactive ketones (excluding diaryl/α,β-unsaturated/α-hetero) is 2. The number of rotatable bonds is 13. The van der Waals surface area contributed by atoms with Gasteiger partial charge >= 0.3 is 0 Å². The molecule has 0 spiro atoms. The molecule has 12 heteroatoms. The first kappa shape index (κ1) is 39.2. The standard InChI is InChI=1S/C23H25F3N2O2.C19H20ClFN2O/c1-14(9-15(2)29)16-3-5-17(6-4-16)18-11-28(12-18)20-7-8-27-22(21(20)24)30-13-19-10-23(19,25)26;1-12(9-13(2)24)14-3-5-15(6-4-14)16-10-23(11-16)17-7-8-22-19(20)18(17)21/h3-8,14,18-19H,9-13H2,1-2H3;3-8,12,16H,9-11H2,1-2H3/t14-,19?;12-/m11/s1. The van der Waals surface area contributed by atoms with Gasteiger partial charge in [0, 0.05) is 69.7 Å². The minimum Gasteiger partial charge on any atom is -0.475 e. The van der Waals surface area contributed by atoms with Gasteiger partial charge in [0.15, 0.2) is 11.0 Å². The zero-order valence-corrected chi connectivity index (χ0v) is 31.6. The minimum atomic E-state index is -2.70. The van der Waals surface area contributed by atoms with Crippen LogP contribution < -0.4 is 14.5 Å². The Bertz CT molecular complexity index is 1950. The van der Waals surface area contributed by atoms with Gasteiger partial charge < -0.3 is 24.1 Å². The normalized spacial score (nSPS) is 18.8. The number of alkyl halides is 2. The summed E-state index contributed by atoms with van der Waals surface area (Å²) in [5, 5.41) is -0.0836. The fraction of sp³-hybridized carbons (Fsp3) is 0.429. The van der Waals surface area contributed by atoms with Crippen molar-refractivity contribution in [2.24, 2.45) is 5.92 Å². The monoisotopic (exact) mass is 764 g/mol. The van der Waals surface area contributed by atoms with Crippen LogP contribution in [0.1, 0.15) is 92.9 Å². The maximum atomic E-state index is 14.7. The first-order valence-corrected chi connectivity index (χ1v) is 18.7. The van der Waals surface area contributed by atoms with E-state index in [2.05, 4.69) is 65.4 Å². The molecule has 3 atom stereocenters. The van der Waals surface area contributed by atoms with Gasteiger partial charge in [-0.2, -0.15) is 4.39 Å². The molecule has 7 nitrogen and oxygen atoms in total. The van der Waals surface area contributed by atoms with Gasteiger partial charge in [0.25, 0.3) is 11.8 Å². The highest BCUT2D eigenvalue weighted by molar-refractivity contribution is 6.29. The SMILES string of the molecule is CC(=O)C[C@@H](C)c1ccc(C2CN(c3ccnc(Cl)c3F)C2)cc1.CC(=O)C[C@@H](C)c1ccc(C2CN(c3ccnc(OCC4CC4(F)F)c3F)C2)cc1. The highest BCUT2D eigenvalue weighted by Crippen LogP contribution is 2.48. The minimum absolute atomic E-state index is 0.0836. The summed E-state index contributed by atoms with van der Waals surface area (Å²) in [7, 11) is 0. The van der Waals surface area contributed by atoms with Gasteiger partial charge in [-0.25, -0.2) is 23.1 Å². The van der Waals surface area contributed by atoms with Crippen LogP contribution in [0.2, 0.25) is 5.15 Å². The number of anilines is 2. The molecule has 0 amide bonds. The summed E-state index contributed by atoms with van der Waals surface area (Å²) in [6, 6.07) is 19.9. The molecule has 2 aromatic carbocycles. The Morgan fingerprint density at radius 2 is 1.19 bits per heavy atom. The predicted octanol–water partition coefficient (Wildman–Crippen LogP) is 9.50. The molecule has 1 aliphatic carbocycles. The largest absolute Gasteiger partial charge is 0.475 e. The van der Waals surface area contributed by atoms with E-state index in [9.17, 15) is 27.2 Å². The molecule has 1 saturated carbocycles. The number of ketones is 2. The van der Waals surface area contributed by atoms with Crippen LogP contribution in [0.3, 0.4) is 0 Å². The van der Waals surface area contributed by atoms with Crippen LogP contribution in [-0.2, 0) is 9.59 Å². The Balaban J connectivity index is 0.000000189. The van der Waals surface area contributed by atoms with Crippen molar-refractivity contribution < 1.29 is 31.9 Å². The van der Waals surface area contributed by atoms with Crippen LogP contribution in [0.25, 0.3) is 0 Å². The molecule has 2 aliphatic heterocycles. The average Bonchev–Trinajstić information content (AvgIpc) is 3.71. The third-order valence-corrected chi connectivity index (χ3v) is 10.9. The predicted molar refractivity (Wildman–Crippen MR) is 202 cm³/mol. The van der Waals surface area contributed by atoms with Crippen LogP contribution >= 0.6 is 11.6 Å². The molecule has 7 rings (SSSR count). The van der Waals surface area contributed by atoms with E-state index in [0.717, 1.165) is 18.7 Å². The zero-order valence-electron chi connectivity index (χ0n) is 30.9. The molecule has 3 aliphatic rings. The van der Waals surface area contributed by atoms with Crippen LogP contribution in [0.4, 0.5) is 28.9 Å². The van der Waals surface area contributed by atoms with E-state index in [1.807, 2.05) is 16.7 Å². The number of benzene rings is 2. The molecule has 1 unspecified atom stereocenters. The van der Waals surface area contributed by atoms with E-state index in [4.69, 9.17) is 16.3 Å². The van der Waals surface area contributed by atoms with E-state index in [-0.39, 0.29) is 53.4 Å². The molecule has 0 radical (unpaired) electrons. The van der Waals surface area contributed by atoms with Crippen molar-refractivity contribution in [2.75, 3.05) is 42.6 Å². The molecule has 2 aromatic heterocycles. The Morgan fingerprint density at radius 1 is 0.759 bits per heavy atom. The number of hydrogen-bond acceptors (Lipinski definition) is 7. The lowest BCUT2D eigenvalue weighted by molar-refractivity contribution is -0.118. The van der Waals surface area contributed by atoms with Gasteiger partial charge in [0.2, 0.25) is 5.82 Å². The number of halogens is 5. The molecule has 4 aromatic rings. The van der Waals surface area contributed by atoms with Crippen LogP contribution in [-0.4, -0.2) is 60.2 Å². The highest BCUT2D eigenvalue weighted by atomic mass is 35.5. The number of carbonyl (C=O) groups is 2. The zero-order chi connectivity index (χ0) is 38.7. The number of pyridine rings is 2. The summed E-state index contributed by atoms with van der Waals surface area (Å²) in [6.45, 7) is 9.95. The topological polar surface area (TPSA) is 75.6 Å². The summed E-state index contributed by atoms with van der Waals surface area (Å²) in [5.74, 6) is -3.35. The van der Waals surface area contributed by atoms with Gasteiger partial charge in [-0.05, 0) is 60.1 Å². The molecule has 4 heterocycles. The van der Waals surface area contributed by atoms with Crippen molar-refractivity contribution in [1.29, 1.82) is 0 Å². The fourth-order valence-corrected chi connectivity index (χ4v) is 7.26. The second kappa shape index (κ2) is 16.5. The van der Waals surface area contributed by atoms with E-state index >= 15 is 0 Å². The summed E-state index contributed by atoms with van der Waals surface area (Å²) in [6.07, 6.45) is 3.85. The Morgan fingerprint density at radius 3 is 1.61 bits per heavy atom. The lowest BCUT2D eigenvalue weighted by Gasteiger charge is -2.41. The van der Waals surface area contributed by atoms with Crippen molar-refractivity contribution in [1.82, 2.24) is 9.97 Å². The van der Waals surface area contributed by atoms with Crippen molar-refractivity contribution in [3.63, 3.8) is 0 Å². The number of hydrogen-bond donors (Lipinski definition) is 0. The third kappa shape index (κ3) is 9.22. The second-order valence-corrected chi connectivity index (χ2v) is 15.4. The second-order valence-electron chi connectivity index (χ2n) is 15.0.